The summed E-state index contributed by atoms with van der Waals surface area (Å²) in [4.78, 5) is 18.9. The van der Waals surface area contributed by atoms with E-state index in [2.05, 4.69) is 4.98 Å². The minimum atomic E-state index is -0.00803. The Bertz CT molecular complexity index is 864. The van der Waals surface area contributed by atoms with Crippen molar-refractivity contribution in [3.63, 3.8) is 0 Å². The van der Waals surface area contributed by atoms with E-state index in [1.54, 1.807) is 0 Å². The van der Waals surface area contributed by atoms with Crippen LogP contribution >= 0.6 is 0 Å². The first-order chi connectivity index (χ1) is 11.8. The third-order valence-corrected chi connectivity index (χ3v) is 4.31. The van der Waals surface area contributed by atoms with Crippen molar-refractivity contribution in [1.82, 2.24) is 9.88 Å². The fraction of sp³-hybridized carbons (Fsp3) is 0.200. The topological polar surface area (TPSA) is 42.4 Å². The SMILES string of the molecule is O=C(c1ccccc1)N1CCC(Oc2ccc3ccccc3n2)C1. The summed E-state index contributed by atoms with van der Waals surface area (Å²) in [5.41, 5.74) is 1.65. The number of ether oxygens (including phenoxy) is 1. The van der Waals surface area contributed by atoms with Crippen LogP contribution in [-0.4, -0.2) is 35.0 Å². The Hall–Kier alpha value is -2.88. The van der Waals surface area contributed by atoms with Crippen molar-refractivity contribution in [2.24, 2.45) is 0 Å². The fourth-order valence-corrected chi connectivity index (χ4v) is 3.06. The molecule has 24 heavy (non-hydrogen) atoms. The smallest absolute Gasteiger partial charge is 0.253 e. The van der Waals surface area contributed by atoms with Crippen LogP contribution in [0.25, 0.3) is 10.9 Å². The third kappa shape index (κ3) is 2.95. The van der Waals surface area contributed by atoms with Gasteiger partial charge >= 0.3 is 0 Å². The maximum Gasteiger partial charge on any atom is 0.253 e. The molecule has 1 amide bonds. The minimum Gasteiger partial charge on any atom is -0.472 e. The van der Waals surface area contributed by atoms with E-state index >= 15 is 0 Å². The largest absolute Gasteiger partial charge is 0.472 e. The van der Waals surface area contributed by atoms with Crippen LogP contribution < -0.4 is 4.74 Å². The molecule has 120 valence electrons. The summed E-state index contributed by atoms with van der Waals surface area (Å²) < 4.78 is 5.99. The third-order valence-electron chi connectivity index (χ3n) is 4.31. The Morgan fingerprint density at radius 1 is 1.00 bits per heavy atom. The van der Waals surface area contributed by atoms with Gasteiger partial charge in [0, 0.05) is 30.0 Å². The van der Waals surface area contributed by atoms with Crippen molar-refractivity contribution >= 4 is 16.8 Å². The summed E-state index contributed by atoms with van der Waals surface area (Å²) in [5, 5.41) is 1.09. The average Bonchev–Trinajstić information content (AvgIpc) is 3.10. The van der Waals surface area contributed by atoms with Gasteiger partial charge in [0.2, 0.25) is 5.88 Å². The van der Waals surface area contributed by atoms with Gasteiger partial charge in [-0.1, -0.05) is 36.4 Å². The molecule has 2 aromatic carbocycles. The molecule has 1 aliphatic rings. The zero-order valence-electron chi connectivity index (χ0n) is 13.3. The fourth-order valence-electron chi connectivity index (χ4n) is 3.06. The number of pyridine rings is 1. The average molecular weight is 318 g/mol. The second-order valence-electron chi connectivity index (χ2n) is 5.99. The van der Waals surface area contributed by atoms with Crippen molar-refractivity contribution in [3.8, 4) is 5.88 Å². The molecule has 0 spiro atoms. The number of para-hydroxylation sites is 1. The standard InChI is InChI=1S/C20H18N2O2/c23-20(16-7-2-1-3-8-16)22-13-12-17(14-22)24-19-11-10-15-6-4-5-9-18(15)21-19/h1-11,17H,12-14H2. The lowest BCUT2D eigenvalue weighted by atomic mass is 10.2. The first-order valence-electron chi connectivity index (χ1n) is 8.16. The zero-order valence-corrected chi connectivity index (χ0v) is 13.3. The van der Waals surface area contributed by atoms with E-state index in [9.17, 15) is 4.79 Å². The normalized spacial score (nSPS) is 17.2. The summed E-state index contributed by atoms with van der Waals surface area (Å²) >= 11 is 0. The van der Waals surface area contributed by atoms with Crippen LogP contribution in [-0.2, 0) is 0 Å². The molecule has 3 aromatic rings. The lowest BCUT2D eigenvalue weighted by Crippen LogP contribution is -2.30. The zero-order chi connectivity index (χ0) is 16.4. The van der Waals surface area contributed by atoms with Crippen molar-refractivity contribution in [2.75, 3.05) is 13.1 Å². The molecule has 2 heterocycles. The predicted octanol–water partition coefficient (Wildman–Crippen LogP) is 3.53. The molecule has 0 aliphatic carbocycles. The van der Waals surface area contributed by atoms with E-state index < -0.39 is 0 Å². The summed E-state index contributed by atoms with van der Waals surface area (Å²) in [7, 11) is 0. The number of carbonyl (C=O) groups excluding carboxylic acids is 1. The first-order valence-corrected chi connectivity index (χ1v) is 8.16. The number of fused-ring (bicyclic) bond motifs is 1. The maximum absolute atomic E-state index is 12.5. The first kappa shape index (κ1) is 14.7. The second kappa shape index (κ2) is 6.32. The van der Waals surface area contributed by atoms with E-state index in [4.69, 9.17) is 4.74 Å². The van der Waals surface area contributed by atoms with Gasteiger partial charge < -0.3 is 9.64 Å². The molecule has 1 saturated heterocycles. The van der Waals surface area contributed by atoms with E-state index in [-0.39, 0.29) is 12.0 Å². The number of benzene rings is 2. The van der Waals surface area contributed by atoms with Crippen LogP contribution in [0, 0.1) is 0 Å². The molecule has 0 radical (unpaired) electrons. The molecule has 0 saturated carbocycles. The highest BCUT2D eigenvalue weighted by Crippen LogP contribution is 2.21. The quantitative estimate of drug-likeness (QED) is 0.742. The molecule has 1 aromatic heterocycles. The van der Waals surface area contributed by atoms with Crippen LogP contribution in [0.2, 0.25) is 0 Å². The molecule has 1 atom stereocenters. The van der Waals surface area contributed by atoms with Gasteiger partial charge in [-0.05, 0) is 24.3 Å². The van der Waals surface area contributed by atoms with Crippen LogP contribution in [0.5, 0.6) is 5.88 Å². The molecule has 4 rings (SSSR count). The summed E-state index contributed by atoms with van der Waals surface area (Å²) in [6.45, 7) is 1.31. The lowest BCUT2D eigenvalue weighted by molar-refractivity contribution is 0.0771. The second-order valence-corrected chi connectivity index (χ2v) is 5.99. The predicted molar refractivity (Wildman–Crippen MR) is 93.1 cm³/mol. The van der Waals surface area contributed by atoms with Crippen molar-refractivity contribution in [2.45, 2.75) is 12.5 Å². The monoisotopic (exact) mass is 318 g/mol. The van der Waals surface area contributed by atoms with Gasteiger partial charge in [-0.2, -0.15) is 0 Å². The van der Waals surface area contributed by atoms with Gasteiger partial charge in [-0.25, -0.2) is 4.98 Å². The Morgan fingerprint density at radius 3 is 2.67 bits per heavy atom. The van der Waals surface area contributed by atoms with Gasteiger partial charge in [0.1, 0.15) is 6.10 Å². The number of hydrogen-bond donors (Lipinski definition) is 0. The number of amides is 1. The number of rotatable bonds is 3. The highest BCUT2D eigenvalue weighted by Gasteiger charge is 2.28. The molecule has 1 fully saturated rings. The van der Waals surface area contributed by atoms with Gasteiger partial charge in [0.25, 0.3) is 5.91 Å². The van der Waals surface area contributed by atoms with E-state index in [0.29, 0.717) is 19.0 Å². The number of aromatic nitrogens is 1. The van der Waals surface area contributed by atoms with E-state index in [1.165, 1.54) is 0 Å². The van der Waals surface area contributed by atoms with Gasteiger partial charge in [-0.3, -0.25) is 4.79 Å². The van der Waals surface area contributed by atoms with Gasteiger partial charge in [-0.15, -0.1) is 0 Å². The molecule has 0 bridgehead atoms. The van der Waals surface area contributed by atoms with Crippen molar-refractivity contribution in [1.29, 1.82) is 0 Å². The Balaban J connectivity index is 1.44. The molecule has 4 heteroatoms. The molecule has 0 N–H and O–H groups in total. The Kier molecular flexibility index (Phi) is 3.87. The van der Waals surface area contributed by atoms with Crippen LogP contribution in [0.15, 0.2) is 66.7 Å². The van der Waals surface area contributed by atoms with Gasteiger partial charge in [0.15, 0.2) is 0 Å². The molecular weight excluding hydrogens is 300 g/mol. The summed E-state index contributed by atoms with van der Waals surface area (Å²) in [5.74, 6) is 0.681. The maximum atomic E-state index is 12.5. The van der Waals surface area contributed by atoms with Crippen LogP contribution in [0.3, 0.4) is 0 Å². The minimum absolute atomic E-state index is 0.00803. The number of nitrogens with zero attached hydrogens (tertiary/aromatic N) is 2. The molecular formula is C20H18N2O2. The molecule has 4 nitrogen and oxygen atoms in total. The summed E-state index contributed by atoms with van der Waals surface area (Å²) in [6.07, 6.45) is 0.818. The van der Waals surface area contributed by atoms with Crippen LogP contribution in [0.1, 0.15) is 16.8 Å². The number of hydrogen-bond acceptors (Lipinski definition) is 3. The van der Waals surface area contributed by atoms with E-state index in [1.807, 2.05) is 71.6 Å². The number of carbonyl (C=O) groups is 1. The van der Waals surface area contributed by atoms with Gasteiger partial charge in [0.05, 0.1) is 12.1 Å². The molecule has 1 unspecified atom stereocenters. The molecule has 1 aliphatic heterocycles. The van der Waals surface area contributed by atoms with E-state index in [0.717, 1.165) is 22.9 Å². The highest BCUT2D eigenvalue weighted by molar-refractivity contribution is 5.94. The van der Waals surface area contributed by atoms with Crippen molar-refractivity contribution < 1.29 is 9.53 Å². The van der Waals surface area contributed by atoms with Crippen LogP contribution in [0.4, 0.5) is 0 Å². The Labute approximate surface area is 140 Å². The lowest BCUT2D eigenvalue weighted by Gasteiger charge is -2.17. The summed E-state index contributed by atoms with van der Waals surface area (Å²) in [6, 6.07) is 21.3. The highest BCUT2D eigenvalue weighted by atomic mass is 16.5. The van der Waals surface area contributed by atoms with Crippen molar-refractivity contribution in [3.05, 3.63) is 72.3 Å². The Morgan fingerprint density at radius 2 is 1.79 bits per heavy atom. The number of likely N-dealkylation sites (tertiary alicyclic amines) is 1.